The number of benzene rings is 1. The number of hydrogen-bond donors (Lipinski definition) is 0. The summed E-state index contributed by atoms with van der Waals surface area (Å²) in [6, 6.07) is 10.8. The smallest absolute Gasteiger partial charge is 0.132 e. The highest BCUT2D eigenvalue weighted by atomic mass is 32.3. The van der Waals surface area contributed by atoms with Crippen molar-refractivity contribution in [3.63, 3.8) is 0 Å². The summed E-state index contributed by atoms with van der Waals surface area (Å²) >= 11 is 6.10. The molecule has 0 aliphatic carbocycles. The minimum atomic E-state index is 0.279. The average molecular weight is 228 g/mol. The van der Waals surface area contributed by atoms with E-state index in [0.29, 0.717) is 0 Å². The highest BCUT2D eigenvalue weighted by molar-refractivity contribution is 8.34. The molecule has 1 heterocycles. The van der Waals surface area contributed by atoms with Crippen molar-refractivity contribution >= 4 is 35.3 Å². The zero-order chi connectivity index (χ0) is 9.15. The van der Waals surface area contributed by atoms with Gasteiger partial charge < -0.3 is 0 Å². The van der Waals surface area contributed by atoms with Gasteiger partial charge >= 0.3 is 0 Å². The molecule has 0 unspecified atom stereocenters. The van der Waals surface area contributed by atoms with Crippen LogP contribution in [-0.2, 0) is 3.41 Å². The minimum absolute atomic E-state index is 0.279. The maximum atomic E-state index is 2.24. The molecule has 0 saturated carbocycles. The second kappa shape index (κ2) is 4.20. The summed E-state index contributed by atoms with van der Waals surface area (Å²) < 4.78 is 0.279. The molecule has 0 amide bonds. The van der Waals surface area contributed by atoms with Crippen LogP contribution in [0.25, 0.3) is 0 Å². The van der Waals surface area contributed by atoms with Gasteiger partial charge in [0.2, 0.25) is 0 Å². The molecule has 0 spiro atoms. The SMILES string of the molecule is CSC1(c2ccccc2)SCCS1. The van der Waals surface area contributed by atoms with Crippen molar-refractivity contribution in [2.24, 2.45) is 0 Å². The predicted octanol–water partition coefficient (Wildman–Crippen LogP) is 3.64. The van der Waals surface area contributed by atoms with Crippen molar-refractivity contribution in [2.75, 3.05) is 17.8 Å². The van der Waals surface area contributed by atoms with E-state index in [1.165, 1.54) is 17.1 Å². The molecule has 2 rings (SSSR count). The maximum Gasteiger partial charge on any atom is 0.132 e. The van der Waals surface area contributed by atoms with Crippen LogP contribution in [0.2, 0.25) is 0 Å². The van der Waals surface area contributed by atoms with Crippen LogP contribution in [0.3, 0.4) is 0 Å². The molecule has 0 aromatic heterocycles. The second-order valence-electron chi connectivity index (χ2n) is 2.82. The predicted molar refractivity (Wildman–Crippen MR) is 66.6 cm³/mol. The zero-order valence-corrected chi connectivity index (χ0v) is 9.98. The Morgan fingerprint density at radius 1 is 1.15 bits per heavy atom. The fourth-order valence-corrected chi connectivity index (χ4v) is 5.90. The van der Waals surface area contributed by atoms with E-state index in [0.717, 1.165) is 0 Å². The van der Waals surface area contributed by atoms with Crippen LogP contribution in [0.1, 0.15) is 5.56 Å². The monoisotopic (exact) mass is 228 g/mol. The van der Waals surface area contributed by atoms with Crippen molar-refractivity contribution in [3.8, 4) is 0 Å². The van der Waals surface area contributed by atoms with Gasteiger partial charge in [0.15, 0.2) is 0 Å². The van der Waals surface area contributed by atoms with Gasteiger partial charge in [0.25, 0.3) is 0 Å². The molecule has 0 bridgehead atoms. The second-order valence-corrected chi connectivity index (χ2v) is 7.24. The molecule has 1 fully saturated rings. The Labute approximate surface area is 92.3 Å². The maximum absolute atomic E-state index is 2.24. The van der Waals surface area contributed by atoms with Gasteiger partial charge in [-0.05, 0) is 11.8 Å². The molecule has 3 heteroatoms. The van der Waals surface area contributed by atoms with Gasteiger partial charge in [0.1, 0.15) is 3.41 Å². The van der Waals surface area contributed by atoms with E-state index >= 15 is 0 Å². The molecule has 1 saturated heterocycles. The molecule has 0 nitrogen and oxygen atoms in total. The first-order chi connectivity index (χ1) is 6.37. The van der Waals surface area contributed by atoms with Crippen LogP contribution in [0.5, 0.6) is 0 Å². The van der Waals surface area contributed by atoms with E-state index < -0.39 is 0 Å². The Balaban J connectivity index is 2.31. The van der Waals surface area contributed by atoms with Crippen LogP contribution >= 0.6 is 35.3 Å². The first-order valence-electron chi connectivity index (χ1n) is 4.26. The summed E-state index contributed by atoms with van der Waals surface area (Å²) in [5.74, 6) is 2.56. The summed E-state index contributed by atoms with van der Waals surface area (Å²) in [6.45, 7) is 0. The summed E-state index contributed by atoms with van der Waals surface area (Å²) in [5, 5.41) is 0. The Morgan fingerprint density at radius 3 is 2.31 bits per heavy atom. The largest absolute Gasteiger partial charge is 0.132 e. The Kier molecular flexibility index (Phi) is 3.17. The Hall–Kier alpha value is 0.270. The fraction of sp³-hybridized carbons (Fsp3) is 0.400. The highest BCUT2D eigenvalue weighted by Crippen LogP contribution is 2.58. The molecule has 70 valence electrons. The van der Waals surface area contributed by atoms with Gasteiger partial charge in [-0.25, -0.2) is 0 Å². The topological polar surface area (TPSA) is 0 Å². The summed E-state index contributed by atoms with van der Waals surface area (Å²) in [6.07, 6.45) is 2.21. The fourth-order valence-electron chi connectivity index (χ4n) is 1.44. The van der Waals surface area contributed by atoms with Crippen molar-refractivity contribution in [1.29, 1.82) is 0 Å². The van der Waals surface area contributed by atoms with E-state index in [9.17, 15) is 0 Å². The third-order valence-corrected chi connectivity index (χ3v) is 7.56. The van der Waals surface area contributed by atoms with E-state index in [-0.39, 0.29) is 3.41 Å². The Morgan fingerprint density at radius 2 is 1.77 bits per heavy atom. The number of hydrogen-bond acceptors (Lipinski definition) is 3. The van der Waals surface area contributed by atoms with Gasteiger partial charge in [-0.15, -0.1) is 35.3 Å². The average Bonchev–Trinajstić information content (AvgIpc) is 2.69. The van der Waals surface area contributed by atoms with Crippen molar-refractivity contribution < 1.29 is 0 Å². The molecular formula is C10H12S3. The molecule has 0 N–H and O–H groups in total. The minimum Gasteiger partial charge on any atom is -0.132 e. The third-order valence-electron chi connectivity index (χ3n) is 2.06. The molecule has 0 radical (unpaired) electrons. The van der Waals surface area contributed by atoms with Crippen LogP contribution in [0.15, 0.2) is 30.3 Å². The van der Waals surface area contributed by atoms with Gasteiger partial charge in [0, 0.05) is 11.5 Å². The lowest BCUT2D eigenvalue weighted by molar-refractivity contribution is 1.31. The third kappa shape index (κ3) is 1.88. The normalized spacial score (nSPS) is 20.4. The van der Waals surface area contributed by atoms with Crippen LogP contribution in [-0.4, -0.2) is 17.8 Å². The molecule has 1 aromatic rings. The first kappa shape index (κ1) is 9.81. The molecule has 13 heavy (non-hydrogen) atoms. The van der Waals surface area contributed by atoms with Crippen LogP contribution < -0.4 is 0 Å². The van der Waals surface area contributed by atoms with Gasteiger partial charge in [-0.3, -0.25) is 0 Å². The van der Waals surface area contributed by atoms with E-state index in [1.807, 2.05) is 11.8 Å². The Bertz CT molecular complexity index is 265. The lowest BCUT2D eigenvalue weighted by Crippen LogP contribution is -2.07. The van der Waals surface area contributed by atoms with E-state index in [4.69, 9.17) is 0 Å². The lowest BCUT2D eigenvalue weighted by atomic mass is 10.2. The van der Waals surface area contributed by atoms with Gasteiger partial charge in [-0.2, -0.15) is 0 Å². The van der Waals surface area contributed by atoms with Gasteiger partial charge in [-0.1, -0.05) is 30.3 Å². The van der Waals surface area contributed by atoms with Gasteiger partial charge in [0.05, 0.1) is 0 Å². The van der Waals surface area contributed by atoms with Crippen molar-refractivity contribution in [3.05, 3.63) is 35.9 Å². The van der Waals surface area contributed by atoms with E-state index in [1.54, 1.807) is 0 Å². The van der Waals surface area contributed by atoms with E-state index in [2.05, 4.69) is 60.1 Å². The van der Waals surface area contributed by atoms with Crippen LogP contribution in [0.4, 0.5) is 0 Å². The quantitative estimate of drug-likeness (QED) is 0.758. The highest BCUT2D eigenvalue weighted by Gasteiger charge is 2.36. The van der Waals surface area contributed by atoms with Crippen LogP contribution in [0, 0.1) is 0 Å². The molecule has 1 aliphatic rings. The van der Waals surface area contributed by atoms with Crippen molar-refractivity contribution in [1.82, 2.24) is 0 Å². The van der Waals surface area contributed by atoms with Crippen molar-refractivity contribution in [2.45, 2.75) is 3.41 Å². The standard InChI is InChI=1S/C10H12S3/c1-11-10(12-7-8-13-10)9-5-3-2-4-6-9/h2-6H,7-8H2,1H3. The summed E-state index contributed by atoms with van der Waals surface area (Å²) in [7, 11) is 0. The summed E-state index contributed by atoms with van der Waals surface area (Å²) in [4.78, 5) is 0. The lowest BCUT2D eigenvalue weighted by Gasteiger charge is -2.25. The first-order valence-corrected chi connectivity index (χ1v) is 7.45. The molecule has 1 aliphatic heterocycles. The zero-order valence-electron chi connectivity index (χ0n) is 7.53. The summed E-state index contributed by atoms with van der Waals surface area (Å²) in [5.41, 5.74) is 1.45. The molecule has 1 aromatic carbocycles. The number of thioether (sulfide) groups is 3. The molecule has 0 atom stereocenters. The number of rotatable bonds is 2. The molecular weight excluding hydrogens is 216 g/mol.